The van der Waals surface area contributed by atoms with Gasteiger partial charge >= 0.3 is 6.09 Å². The molecule has 1 atom stereocenters. The molecule has 1 aromatic rings. The van der Waals surface area contributed by atoms with E-state index in [0.717, 1.165) is 0 Å². The number of nitrogens with one attached hydrogen (secondary N) is 1. The standard InChI is InChI=1S/C15H21F2NO3/c1-14(2,3)21-13(20)18-12(15(16,17)9-10-19)11-7-5-4-6-8-11/h4-8,12,19H,9-10H2,1-3H3,(H,18,20). The summed E-state index contributed by atoms with van der Waals surface area (Å²) in [5.41, 5.74) is -0.528. The highest BCUT2D eigenvalue weighted by atomic mass is 19.3. The van der Waals surface area contributed by atoms with Gasteiger partial charge in [0.2, 0.25) is 0 Å². The van der Waals surface area contributed by atoms with Crippen molar-refractivity contribution in [3.05, 3.63) is 35.9 Å². The second kappa shape index (κ2) is 6.85. The fraction of sp³-hybridized carbons (Fsp3) is 0.533. The molecule has 0 spiro atoms. The first kappa shape index (κ1) is 17.4. The number of hydrogen-bond donors (Lipinski definition) is 2. The number of alkyl carbamates (subject to hydrolysis) is 1. The van der Waals surface area contributed by atoms with Crippen molar-refractivity contribution < 1.29 is 23.4 Å². The summed E-state index contributed by atoms with van der Waals surface area (Å²) < 4.78 is 33.3. The van der Waals surface area contributed by atoms with Crippen LogP contribution < -0.4 is 5.32 Å². The smallest absolute Gasteiger partial charge is 0.408 e. The van der Waals surface area contributed by atoms with Crippen LogP contribution in [0.5, 0.6) is 0 Å². The highest BCUT2D eigenvalue weighted by Gasteiger charge is 2.41. The monoisotopic (exact) mass is 301 g/mol. The molecule has 0 saturated carbocycles. The van der Waals surface area contributed by atoms with Crippen molar-refractivity contribution in [3.63, 3.8) is 0 Å². The first-order valence-electron chi connectivity index (χ1n) is 6.69. The first-order chi connectivity index (χ1) is 9.65. The van der Waals surface area contributed by atoms with Gasteiger partial charge in [-0.3, -0.25) is 0 Å². The van der Waals surface area contributed by atoms with Crippen molar-refractivity contribution in [3.8, 4) is 0 Å². The van der Waals surface area contributed by atoms with Gasteiger partial charge in [0, 0.05) is 13.0 Å². The molecule has 0 aliphatic heterocycles. The lowest BCUT2D eigenvalue weighted by atomic mass is 9.98. The molecule has 0 saturated heterocycles. The zero-order valence-corrected chi connectivity index (χ0v) is 12.4. The van der Waals surface area contributed by atoms with Gasteiger partial charge in [-0.05, 0) is 26.3 Å². The Morgan fingerprint density at radius 1 is 1.29 bits per heavy atom. The molecule has 0 aliphatic carbocycles. The predicted octanol–water partition coefficient (Wildman–Crippen LogP) is 3.27. The number of carbonyl (C=O) groups is 1. The SMILES string of the molecule is CC(C)(C)OC(=O)NC(c1ccccc1)C(F)(F)CCO. The summed E-state index contributed by atoms with van der Waals surface area (Å²) in [6.45, 7) is 4.27. The summed E-state index contributed by atoms with van der Waals surface area (Å²) in [7, 11) is 0. The summed E-state index contributed by atoms with van der Waals surface area (Å²) in [5, 5.41) is 11.0. The van der Waals surface area contributed by atoms with Crippen LogP contribution in [0, 0.1) is 0 Å². The number of ether oxygens (including phenoxy) is 1. The van der Waals surface area contributed by atoms with E-state index < -0.39 is 36.7 Å². The fourth-order valence-electron chi connectivity index (χ4n) is 1.80. The molecule has 1 rings (SSSR count). The highest BCUT2D eigenvalue weighted by molar-refractivity contribution is 5.68. The van der Waals surface area contributed by atoms with Gasteiger partial charge in [0.25, 0.3) is 5.92 Å². The van der Waals surface area contributed by atoms with Gasteiger partial charge in [-0.1, -0.05) is 30.3 Å². The molecule has 0 bridgehead atoms. The molecule has 1 unspecified atom stereocenters. The maximum absolute atomic E-state index is 14.1. The van der Waals surface area contributed by atoms with E-state index in [9.17, 15) is 13.6 Å². The fourth-order valence-corrected chi connectivity index (χ4v) is 1.80. The lowest BCUT2D eigenvalue weighted by Crippen LogP contribution is -2.43. The second-order valence-corrected chi connectivity index (χ2v) is 5.72. The Balaban J connectivity index is 2.96. The number of carbonyl (C=O) groups excluding carboxylic acids is 1. The zero-order valence-electron chi connectivity index (χ0n) is 12.4. The number of hydrogen-bond acceptors (Lipinski definition) is 3. The molecular weight excluding hydrogens is 280 g/mol. The largest absolute Gasteiger partial charge is 0.444 e. The van der Waals surface area contributed by atoms with Gasteiger partial charge in [0.1, 0.15) is 11.6 Å². The molecule has 2 N–H and O–H groups in total. The van der Waals surface area contributed by atoms with Gasteiger partial charge in [-0.25, -0.2) is 13.6 Å². The van der Waals surface area contributed by atoms with E-state index in [0.29, 0.717) is 0 Å². The third-order valence-electron chi connectivity index (χ3n) is 2.66. The number of aliphatic hydroxyl groups excluding tert-OH is 1. The minimum absolute atomic E-state index is 0.252. The van der Waals surface area contributed by atoms with Crippen LogP contribution in [0.2, 0.25) is 0 Å². The van der Waals surface area contributed by atoms with E-state index >= 15 is 0 Å². The van der Waals surface area contributed by atoms with Crippen molar-refractivity contribution in [2.24, 2.45) is 0 Å². The number of aliphatic hydroxyl groups is 1. The normalized spacial score (nSPS) is 13.6. The Morgan fingerprint density at radius 2 is 1.86 bits per heavy atom. The number of amides is 1. The van der Waals surface area contributed by atoms with Crippen LogP contribution in [0.3, 0.4) is 0 Å². The zero-order chi connectivity index (χ0) is 16.1. The maximum atomic E-state index is 14.1. The molecule has 1 aromatic carbocycles. The van der Waals surface area contributed by atoms with Gasteiger partial charge < -0.3 is 15.2 Å². The third-order valence-corrected chi connectivity index (χ3v) is 2.66. The molecule has 0 fully saturated rings. The molecular formula is C15H21F2NO3. The van der Waals surface area contributed by atoms with Crippen molar-refractivity contribution in [1.82, 2.24) is 5.32 Å². The minimum atomic E-state index is -3.28. The van der Waals surface area contributed by atoms with Crippen LogP contribution >= 0.6 is 0 Å². The number of benzene rings is 1. The van der Waals surface area contributed by atoms with Crippen LogP contribution in [0.4, 0.5) is 13.6 Å². The quantitative estimate of drug-likeness (QED) is 0.877. The summed E-state index contributed by atoms with van der Waals surface area (Å²) in [5.74, 6) is -3.28. The molecule has 0 aliphatic rings. The number of rotatable bonds is 5. The lowest BCUT2D eigenvalue weighted by molar-refractivity contribution is -0.0588. The van der Waals surface area contributed by atoms with E-state index in [1.54, 1.807) is 39.0 Å². The first-order valence-corrected chi connectivity index (χ1v) is 6.69. The molecule has 0 aromatic heterocycles. The van der Waals surface area contributed by atoms with Gasteiger partial charge in [-0.15, -0.1) is 0 Å². The molecule has 118 valence electrons. The number of halogens is 2. The summed E-state index contributed by atoms with van der Waals surface area (Å²) in [4.78, 5) is 11.8. The van der Waals surface area contributed by atoms with Gasteiger partial charge in [0.15, 0.2) is 0 Å². The minimum Gasteiger partial charge on any atom is -0.444 e. The average molecular weight is 301 g/mol. The Hall–Kier alpha value is -1.69. The van der Waals surface area contributed by atoms with Crippen LogP contribution in [0.25, 0.3) is 0 Å². The number of alkyl halides is 2. The Bertz CT molecular complexity index is 458. The predicted molar refractivity (Wildman–Crippen MR) is 75.2 cm³/mol. The van der Waals surface area contributed by atoms with Crippen LogP contribution in [-0.2, 0) is 4.74 Å². The lowest BCUT2D eigenvalue weighted by Gasteiger charge is -2.29. The molecule has 1 amide bonds. The van der Waals surface area contributed by atoms with Crippen molar-refractivity contribution in [1.29, 1.82) is 0 Å². The Labute approximate surface area is 123 Å². The van der Waals surface area contributed by atoms with E-state index in [1.807, 2.05) is 0 Å². The van der Waals surface area contributed by atoms with Gasteiger partial charge in [0.05, 0.1) is 0 Å². The van der Waals surface area contributed by atoms with E-state index in [4.69, 9.17) is 9.84 Å². The van der Waals surface area contributed by atoms with E-state index in [2.05, 4.69) is 5.32 Å². The molecule has 0 heterocycles. The van der Waals surface area contributed by atoms with Crippen LogP contribution in [0.1, 0.15) is 38.8 Å². The van der Waals surface area contributed by atoms with Crippen LogP contribution in [-0.4, -0.2) is 29.3 Å². The van der Waals surface area contributed by atoms with Gasteiger partial charge in [-0.2, -0.15) is 0 Å². The average Bonchev–Trinajstić information content (AvgIpc) is 2.34. The third kappa shape index (κ3) is 5.67. The molecule has 0 radical (unpaired) electrons. The van der Waals surface area contributed by atoms with Crippen molar-refractivity contribution in [2.45, 2.75) is 44.8 Å². The van der Waals surface area contributed by atoms with Crippen LogP contribution in [0.15, 0.2) is 30.3 Å². The summed E-state index contributed by atoms with van der Waals surface area (Å²) in [6, 6.07) is 6.34. The Morgan fingerprint density at radius 3 is 2.33 bits per heavy atom. The molecule has 21 heavy (non-hydrogen) atoms. The summed E-state index contributed by atoms with van der Waals surface area (Å²) >= 11 is 0. The molecule has 6 heteroatoms. The van der Waals surface area contributed by atoms with E-state index in [1.165, 1.54) is 12.1 Å². The second-order valence-electron chi connectivity index (χ2n) is 5.72. The topological polar surface area (TPSA) is 58.6 Å². The summed E-state index contributed by atoms with van der Waals surface area (Å²) in [6.07, 6.45) is -1.67. The molecule has 4 nitrogen and oxygen atoms in total. The Kier molecular flexibility index (Phi) is 5.66. The van der Waals surface area contributed by atoms with E-state index in [-0.39, 0.29) is 5.56 Å². The highest BCUT2D eigenvalue weighted by Crippen LogP contribution is 2.34. The van der Waals surface area contributed by atoms with Crippen molar-refractivity contribution >= 4 is 6.09 Å². The van der Waals surface area contributed by atoms with Crippen molar-refractivity contribution in [2.75, 3.05) is 6.61 Å². The maximum Gasteiger partial charge on any atom is 0.408 e.